The van der Waals surface area contributed by atoms with E-state index in [-0.39, 0.29) is 23.7 Å². The Morgan fingerprint density at radius 1 is 1.35 bits per heavy atom. The number of ether oxygens (including phenoxy) is 1. The van der Waals surface area contributed by atoms with Gasteiger partial charge in [0.05, 0.1) is 18.3 Å². The number of aliphatic hydroxyl groups is 1. The van der Waals surface area contributed by atoms with Crippen LogP contribution in [-0.2, 0) is 10.2 Å². The summed E-state index contributed by atoms with van der Waals surface area (Å²) in [4.78, 5) is 2.41. The maximum absolute atomic E-state index is 9.91. The molecule has 1 heterocycles. The van der Waals surface area contributed by atoms with Crippen LogP contribution >= 0.6 is 0 Å². The fraction of sp³-hybridized carbons (Fsp3) is 0.647. The summed E-state index contributed by atoms with van der Waals surface area (Å²) in [7, 11) is 0. The molecule has 2 atom stereocenters. The van der Waals surface area contributed by atoms with Gasteiger partial charge < -0.3 is 9.84 Å². The highest BCUT2D eigenvalue weighted by Gasteiger charge is 2.36. The van der Waals surface area contributed by atoms with E-state index in [0.717, 1.165) is 19.6 Å². The van der Waals surface area contributed by atoms with E-state index >= 15 is 0 Å². The van der Waals surface area contributed by atoms with Crippen molar-refractivity contribution in [3.63, 3.8) is 0 Å². The van der Waals surface area contributed by atoms with Gasteiger partial charge in [0.25, 0.3) is 0 Å². The summed E-state index contributed by atoms with van der Waals surface area (Å²) in [5.41, 5.74) is 0.846. The number of hydrogen-bond donors (Lipinski definition) is 1. The Balaban J connectivity index is 2.14. The lowest BCUT2D eigenvalue weighted by Crippen LogP contribution is -2.55. The number of rotatable bonds is 4. The van der Waals surface area contributed by atoms with E-state index < -0.39 is 0 Å². The van der Waals surface area contributed by atoms with Gasteiger partial charge in [-0.15, -0.1) is 0 Å². The van der Waals surface area contributed by atoms with E-state index in [1.165, 1.54) is 5.56 Å². The molecule has 1 aliphatic heterocycles. The first kappa shape index (κ1) is 15.5. The van der Waals surface area contributed by atoms with E-state index in [9.17, 15) is 5.11 Å². The van der Waals surface area contributed by atoms with Gasteiger partial charge in [0.15, 0.2) is 0 Å². The third kappa shape index (κ3) is 3.60. The van der Waals surface area contributed by atoms with Crippen molar-refractivity contribution in [3.05, 3.63) is 35.9 Å². The molecule has 1 fully saturated rings. The standard InChI is InChI=1S/C17H27NO2/c1-14-10-18(11-16(2,3)20-14)12-17(4,13-19)15-8-6-5-7-9-15/h5-9,14,19H,10-13H2,1-4H3. The quantitative estimate of drug-likeness (QED) is 0.917. The van der Waals surface area contributed by atoms with Gasteiger partial charge in [-0.05, 0) is 26.3 Å². The van der Waals surface area contributed by atoms with Crippen LogP contribution in [0.25, 0.3) is 0 Å². The van der Waals surface area contributed by atoms with Gasteiger partial charge in [0, 0.05) is 25.0 Å². The number of nitrogens with zero attached hydrogens (tertiary/aromatic N) is 1. The van der Waals surface area contributed by atoms with Gasteiger partial charge in [-0.2, -0.15) is 0 Å². The fourth-order valence-corrected chi connectivity index (χ4v) is 3.27. The second kappa shape index (κ2) is 5.84. The lowest BCUT2D eigenvalue weighted by atomic mass is 9.82. The highest BCUT2D eigenvalue weighted by Crippen LogP contribution is 2.28. The maximum Gasteiger partial charge on any atom is 0.0757 e. The normalized spacial score (nSPS) is 26.1. The number of morpholine rings is 1. The minimum absolute atomic E-state index is 0.120. The molecule has 2 unspecified atom stereocenters. The molecular weight excluding hydrogens is 250 g/mol. The molecule has 1 aromatic rings. The third-order valence-corrected chi connectivity index (χ3v) is 4.03. The predicted molar refractivity (Wildman–Crippen MR) is 81.9 cm³/mol. The zero-order valence-corrected chi connectivity index (χ0v) is 13.1. The van der Waals surface area contributed by atoms with Crippen molar-refractivity contribution in [2.24, 2.45) is 0 Å². The van der Waals surface area contributed by atoms with Crippen molar-refractivity contribution in [1.29, 1.82) is 0 Å². The third-order valence-electron chi connectivity index (χ3n) is 4.03. The lowest BCUT2D eigenvalue weighted by molar-refractivity contribution is -0.132. The predicted octanol–water partition coefficient (Wildman–Crippen LogP) is 2.44. The Morgan fingerprint density at radius 2 is 2.00 bits per heavy atom. The topological polar surface area (TPSA) is 32.7 Å². The van der Waals surface area contributed by atoms with Crippen LogP contribution in [0.5, 0.6) is 0 Å². The zero-order valence-electron chi connectivity index (χ0n) is 13.1. The molecule has 0 bridgehead atoms. The van der Waals surface area contributed by atoms with Crippen LogP contribution in [0.4, 0.5) is 0 Å². The molecule has 0 spiro atoms. The fourth-order valence-electron chi connectivity index (χ4n) is 3.27. The summed E-state index contributed by atoms with van der Waals surface area (Å²) < 4.78 is 5.95. The highest BCUT2D eigenvalue weighted by molar-refractivity contribution is 5.25. The summed E-state index contributed by atoms with van der Waals surface area (Å²) in [6, 6.07) is 10.3. The average molecular weight is 277 g/mol. The van der Waals surface area contributed by atoms with Crippen LogP contribution in [0.2, 0.25) is 0 Å². The van der Waals surface area contributed by atoms with Gasteiger partial charge in [0.2, 0.25) is 0 Å². The number of aliphatic hydroxyl groups excluding tert-OH is 1. The Kier molecular flexibility index (Phi) is 4.52. The molecule has 1 N–H and O–H groups in total. The van der Waals surface area contributed by atoms with Crippen LogP contribution in [0, 0.1) is 0 Å². The highest BCUT2D eigenvalue weighted by atomic mass is 16.5. The van der Waals surface area contributed by atoms with E-state index in [0.29, 0.717) is 0 Å². The largest absolute Gasteiger partial charge is 0.395 e. The van der Waals surface area contributed by atoms with Crippen molar-refractivity contribution in [2.45, 2.75) is 44.8 Å². The molecule has 1 saturated heterocycles. The van der Waals surface area contributed by atoms with Crippen LogP contribution < -0.4 is 0 Å². The van der Waals surface area contributed by atoms with Gasteiger partial charge in [-0.25, -0.2) is 0 Å². The molecule has 112 valence electrons. The monoisotopic (exact) mass is 277 g/mol. The molecule has 2 rings (SSSR count). The molecule has 1 aromatic carbocycles. The van der Waals surface area contributed by atoms with Crippen molar-refractivity contribution in [3.8, 4) is 0 Å². The molecule has 3 nitrogen and oxygen atoms in total. The van der Waals surface area contributed by atoms with Gasteiger partial charge in [0.1, 0.15) is 0 Å². The zero-order chi connectivity index (χ0) is 14.8. The molecule has 0 aliphatic carbocycles. The minimum atomic E-state index is -0.228. The molecule has 1 aliphatic rings. The summed E-state index contributed by atoms with van der Waals surface area (Å²) in [6.45, 7) is 11.4. The molecule has 20 heavy (non-hydrogen) atoms. The van der Waals surface area contributed by atoms with Crippen molar-refractivity contribution in [2.75, 3.05) is 26.2 Å². The van der Waals surface area contributed by atoms with Crippen molar-refractivity contribution >= 4 is 0 Å². The summed E-state index contributed by atoms with van der Waals surface area (Å²) >= 11 is 0. The molecule has 3 heteroatoms. The Morgan fingerprint density at radius 3 is 2.55 bits per heavy atom. The molecular formula is C17H27NO2. The summed E-state index contributed by atoms with van der Waals surface area (Å²) in [5, 5.41) is 9.91. The van der Waals surface area contributed by atoms with Crippen molar-refractivity contribution < 1.29 is 9.84 Å². The van der Waals surface area contributed by atoms with E-state index in [1.54, 1.807) is 0 Å². The Bertz CT molecular complexity index is 432. The second-order valence-corrected chi connectivity index (χ2v) is 6.94. The molecule has 0 aromatic heterocycles. The van der Waals surface area contributed by atoms with Crippen LogP contribution in [0.1, 0.15) is 33.3 Å². The molecule has 0 amide bonds. The summed E-state index contributed by atoms with van der Waals surface area (Å²) in [5.74, 6) is 0. The van der Waals surface area contributed by atoms with Crippen LogP contribution in [0.15, 0.2) is 30.3 Å². The van der Waals surface area contributed by atoms with E-state index in [1.807, 2.05) is 18.2 Å². The van der Waals surface area contributed by atoms with Crippen LogP contribution in [0.3, 0.4) is 0 Å². The molecule has 0 radical (unpaired) electrons. The lowest BCUT2D eigenvalue weighted by Gasteiger charge is -2.45. The van der Waals surface area contributed by atoms with Gasteiger partial charge in [-0.1, -0.05) is 37.3 Å². The van der Waals surface area contributed by atoms with E-state index in [4.69, 9.17) is 4.74 Å². The van der Waals surface area contributed by atoms with Crippen molar-refractivity contribution in [1.82, 2.24) is 4.90 Å². The maximum atomic E-state index is 9.91. The smallest absolute Gasteiger partial charge is 0.0757 e. The Labute approximate surface area is 122 Å². The van der Waals surface area contributed by atoms with Gasteiger partial charge in [-0.3, -0.25) is 4.90 Å². The first-order valence-corrected chi connectivity index (χ1v) is 7.41. The van der Waals surface area contributed by atoms with E-state index in [2.05, 4.69) is 44.7 Å². The minimum Gasteiger partial charge on any atom is -0.395 e. The Hall–Kier alpha value is -0.900. The molecule has 0 saturated carbocycles. The van der Waals surface area contributed by atoms with Crippen LogP contribution in [-0.4, -0.2) is 48.0 Å². The summed E-state index contributed by atoms with van der Waals surface area (Å²) in [6.07, 6.45) is 0.234. The first-order chi connectivity index (χ1) is 9.35. The van der Waals surface area contributed by atoms with Gasteiger partial charge >= 0.3 is 0 Å². The first-order valence-electron chi connectivity index (χ1n) is 7.41. The SMILES string of the molecule is CC1CN(CC(C)(CO)c2ccccc2)CC(C)(C)O1. The second-order valence-electron chi connectivity index (χ2n) is 6.94. The number of hydrogen-bond acceptors (Lipinski definition) is 3. The number of benzene rings is 1. The average Bonchev–Trinajstić information content (AvgIpc) is 2.37.